The number of piperidine rings is 1. The van der Waals surface area contributed by atoms with Crippen LogP contribution in [0.3, 0.4) is 0 Å². The van der Waals surface area contributed by atoms with Gasteiger partial charge in [0.15, 0.2) is 0 Å². The highest BCUT2D eigenvalue weighted by molar-refractivity contribution is 5.43. The molecule has 1 N–H and O–H groups in total. The van der Waals surface area contributed by atoms with E-state index in [4.69, 9.17) is 14.7 Å². The number of ether oxygens (including phenoxy) is 2. The van der Waals surface area contributed by atoms with Crippen LogP contribution < -0.4 is 14.8 Å². The molecule has 1 aliphatic heterocycles. The van der Waals surface area contributed by atoms with Crippen molar-refractivity contribution in [1.82, 2.24) is 5.32 Å². The molecule has 1 fully saturated rings. The molecule has 1 saturated heterocycles. The van der Waals surface area contributed by atoms with Crippen LogP contribution >= 0.6 is 0 Å². The Morgan fingerprint density at radius 3 is 2.59 bits per heavy atom. The Morgan fingerprint density at radius 1 is 1.24 bits per heavy atom. The lowest BCUT2D eigenvalue weighted by atomic mass is 10.1. The van der Waals surface area contributed by atoms with Crippen molar-refractivity contribution in [3.8, 4) is 17.6 Å². The Bertz CT molecular complexity index is 420. The summed E-state index contributed by atoms with van der Waals surface area (Å²) in [6.07, 6.45) is 2.23. The van der Waals surface area contributed by atoms with Gasteiger partial charge in [-0.3, -0.25) is 0 Å². The average Bonchev–Trinajstić information content (AvgIpc) is 2.39. The van der Waals surface area contributed by atoms with E-state index in [9.17, 15) is 0 Å². The third-order valence-electron chi connectivity index (χ3n) is 2.83. The second-order valence-electron chi connectivity index (χ2n) is 4.08. The van der Waals surface area contributed by atoms with Crippen LogP contribution in [0.2, 0.25) is 0 Å². The molecule has 4 nitrogen and oxygen atoms in total. The topological polar surface area (TPSA) is 54.3 Å². The summed E-state index contributed by atoms with van der Waals surface area (Å²) in [6.45, 7) is 1.97. The van der Waals surface area contributed by atoms with Gasteiger partial charge in [0.05, 0.1) is 18.7 Å². The Kier molecular flexibility index (Phi) is 3.84. The van der Waals surface area contributed by atoms with E-state index < -0.39 is 0 Å². The predicted octanol–water partition coefficient (Wildman–Crippen LogP) is 1.70. The van der Waals surface area contributed by atoms with Gasteiger partial charge in [0.2, 0.25) is 0 Å². The molecule has 2 rings (SSSR count). The molecule has 0 atom stereocenters. The standard InChI is InChI=1S/C13H16N2O2/c1-16-12-6-10(9-14)7-13(8-12)17-11-2-4-15-5-3-11/h6-8,11,15H,2-5H2,1H3. The monoisotopic (exact) mass is 232 g/mol. The summed E-state index contributed by atoms with van der Waals surface area (Å²) in [6, 6.07) is 7.39. The smallest absolute Gasteiger partial charge is 0.124 e. The highest BCUT2D eigenvalue weighted by atomic mass is 16.5. The molecule has 0 amide bonds. The fraction of sp³-hybridized carbons (Fsp3) is 0.462. The quantitative estimate of drug-likeness (QED) is 0.861. The Labute approximate surface area is 101 Å². The van der Waals surface area contributed by atoms with Crippen LogP contribution in [0.15, 0.2) is 18.2 Å². The van der Waals surface area contributed by atoms with E-state index in [1.165, 1.54) is 0 Å². The minimum absolute atomic E-state index is 0.231. The number of hydrogen-bond acceptors (Lipinski definition) is 4. The normalized spacial score (nSPS) is 16.2. The molecule has 1 heterocycles. The van der Waals surface area contributed by atoms with Crippen molar-refractivity contribution in [3.63, 3.8) is 0 Å². The number of benzene rings is 1. The molecular formula is C13H16N2O2. The molecule has 0 radical (unpaired) electrons. The fourth-order valence-electron chi connectivity index (χ4n) is 1.93. The molecule has 0 aliphatic carbocycles. The summed E-state index contributed by atoms with van der Waals surface area (Å²) >= 11 is 0. The Balaban J connectivity index is 2.11. The minimum Gasteiger partial charge on any atom is -0.497 e. The van der Waals surface area contributed by atoms with Crippen LogP contribution in [-0.2, 0) is 0 Å². The van der Waals surface area contributed by atoms with Gasteiger partial charge in [-0.05, 0) is 38.1 Å². The number of nitrogens with one attached hydrogen (secondary N) is 1. The van der Waals surface area contributed by atoms with Gasteiger partial charge in [0, 0.05) is 6.07 Å². The van der Waals surface area contributed by atoms with Crippen LogP contribution in [0, 0.1) is 11.3 Å². The molecule has 1 aromatic rings. The van der Waals surface area contributed by atoms with Crippen molar-refractivity contribution < 1.29 is 9.47 Å². The zero-order valence-corrected chi connectivity index (χ0v) is 9.90. The van der Waals surface area contributed by atoms with E-state index in [0.29, 0.717) is 17.1 Å². The minimum atomic E-state index is 0.231. The first kappa shape index (κ1) is 11.7. The zero-order valence-electron chi connectivity index (χ0n) is 9.90. The van der Waals surface area contributed by atoms with E-state index in [2.05, 4.69) is 11.4 Å². The Hall–Kier alpha value is -1.73. The third-order valence-corrected chi connectivity index (χ3v) is 2.83. The highest BCUT2D eigenvalue weighted by Crippen LogP contribution is 2.24. The van der Waals surface area contributed by atoms with Crippen LogP contribution in [0.5, 0.6) is 11.5 Å². The first-order chi connectivity index (χ1) is 8.31. The molecular weight excluding hydrogens is 216 g/mol. The number of methoxy groups -OCH3 is 1. The first-order valence-electron chi connectivity index (χ1n) is 5.78. The highest BCUT2D eigenvalue weighted by Gasteiger charge is 2.15. The maximum absolute atomic E-state index is 8.92. The molecule has 0 aromatic heterocycles. The Morgan fingerprint density at radius 2 is 1.94 bits per heavy atom. The van der Waals surface area contributed by atoms with Gasteiger partial charge in [-0.15, -0.1) is 0 Å². The van der Waals surface area contributed by atoms with Crippen molar-refractivity contribution in [2.24, 2.45) is 0 Å². The maximum Gasteiger partial charge on any atom is 0.124 e. The van der Waals surface area contributed by atoms with E-state index in [-0.39, 0.29) is 6.10 Å². The van der Waals surface area contributed by atoms with E-state index in [1.807, 2.05) is 6.07 Å². The third kappa shape index (κ3) is 3.11. The second-order valence-corrected chi connectivity index (χ2v) is 4.08. The average molecular weight is 232 g/mol. The molecule has 0 saturated carbocycles. The van der Waals surface area contributed by atoms with Crippen molar-refractivity contribution in [3.05, 3.63) is 23.8 Å². The van der Waals surface area contributed by atoms with Crippen LogP contribution in [-0.4, -0.2) is 26.3 Å². The lowest BCUT2D eigenvalue weighted by molar-refractivity contribution is 0.162. The SMILES string of the molecule is COc1cc(C#N)cc(OC2CCNCC2)c1. The lowest BCUT2D eigenvalue weighted by Crippen LogP contribution is -2.34. The number of nitriles is 1. The summed E-state index contributed by atoms with van der Waals surface area (Å²) in [5, 5.41) is 12.2. The van der Waals surface area contributed by atoms with Gasteiger partial charge in [-0.2, -0.15) is 5.26 Å². The number of nitrogens with zero attached hydrogens (tertiary/aromatic N) is 1. The molecule has 4 heteroatoms. The maximum atomic E-state index is 8.92. The molecule has 1 aromatic carbocycles. The lowest BCUT2D eigenvalue weighted by Gasteiger charge is -2.24. The summed E-state index contributed by atoms with van der Waals surface area (Å²) in [5.41, 5.74) is 0.563. The molecule has 90 valence electrons. The molecule has 1 aliphatic rings. The number of rotatable bonds is 3. The predicted molar refractivity (Wildman–Crippen MR) is 64.2 cm³/mol. The largest absolute Gasteiger partial charge is 0.497 e. The fourth-order valence-corrected chi connectivity index (χ4v) is 1.93. The van der Waals surface area contributed by atoms with Crippen molar-refractivity contribution in [2.45, 2.75) is 18.9 Å². The molecule has 0 spiro atoms. The summed E-state index contributed by atoms with van der Waals surface area (Å²) in [5.74, 6) is 1.38. The van der Waals surface area contributed by atoms with Gasteiger partial charge >= 0.3 is 0 Å². The summed E-state index contributed by atoms with van der Waals surface area (Å²) in [4.78, 5) is 0. The van der Waals surface area contributed by atoms with Crippen LogP contribution in [0.4, 0.5) is 0 Å². The van der Waals surface area contributed by atoms with Gasteiger partial charge in [0.25, 0.3) is 0 Å². The second kappa shape index (κ2) is 5.55. The molecule has 17 heavy (non-hydrogen) atoms. The van der Waals surface area contributed by atoms with Crippen molar-refractivity contribution in [1.29, 1.82) is 5.26 Å². The molecule has 0 bridgehead atoms. The summed E-state index contributed by atoms with van der Waals surface area (Å²) in [7, 11) is 1.59. The van der Waals surface area contributed by atoms with E-state index in [0.717, 1.165) is 25.9 Å². The first-order valence-corrected chi connectivity index (χ1v) is 5.78. The van der Waals surface area contributed by atoms with E-state index in [1.54, 1.807) is 19.2 Å². The zero-order chi connectivity index (χ0) is 12.1. The van der Waals surface area contributed by atoms with Gasteiger partial charge in [-0.25, -0.2) is 0 Å². The van der Waals surface area contributed by atoms with Gasteiger partial charge in [0.1, 0.15) is 17.6 Å². The molecule has 0 unspecified atom stereocenters. The van der Waals surface area contributed by atoms with Gasteiger partial charge < -0.3 is 14.8 Å². The number of hydrogen-bond donors (Lipinski definition) is 1. The van der Waals surface area contributed by atoms with Crippen molar-refractivity contribution >= 4 is 0 Å². The summed E-state index contributed by atoms with van der Waals surface area (Å²) < 4.78 is 11.0. The van der Waals surface area contributed by atoms with Gasteiger partial charge in [-0.1, -0.05) is 0 Å². The van der Waals surface area contributed by atoms with Crippen molar-refractivity contribution in [2.75, 3.05) is 20.2 Å². The van der Waals surface area contributed by atoms with Crippen LogP contribution in [0.25, 0.3) is 0 Å². The van der Waals surface area contributed by atoms with E-state index >= 15 is 0 Å². The van der Waals surface area contributed by atoms with Crippen LogP contribution in [0.1, 0.15) is 18.4 Å².